The Labute approximate surface area is 636 Å². The van der Waals surface area contributed by atoms with Crippen LogP contribution in [0.25, 0.3) is 196 Å². The Kier molecular flexibility index (Phi) is 17.2. The fourth-order valence-corrected chi connectivity index (χ4v) is 16.3. The molecule has 526 valence electrons. The van der Waals surface area contributed by atoms with Gasteiger partial charge in [0.25, 0.3) is 0 Å². The van der Waals surface area contributed by atoms with E-state index in [0.717, 1.165) is 17.8 Å². The van der Waals surface area contributed by atoms with Gasteiger partial charge >= 0.3 is 5.82 Å². The molecule has 0 aliphatic rings. The lowest BCUT2D eigenvalue weighted by Gasteiger charge is -2.18. The summed E-state index contributed by atoms with van der Waals surface area (Å²) in [6, 6.07) is 121. The molecular formula is C100H54F6N6. The third-order valence-corrected chi connectivity index (χ3v) is 21.2. The van der Waals surface area contributed by atoms with Gasteiger partial charge in [-0.2, -0.15) is 20.2 Å². The molecule has 0 saturated heterocycles. The van der Waals surface area contributed by atoms with E-state index in [0.29, 0.717) is 0 Å². The summed E-state index contributed by atoms with van der Waals surface area (Å²) in [5.41, 5.74) is 16.0. The standard InChI is InChI=1S/C46H29N.C38H25N.C16F6N4/c1-2-14-32(15-3-1)43-37-18-8-10-20-39(37)44(40-21-11-9-19-38(40)43)33-22-26-34(27-23-33)47-41-28-24-30-12-4-6-16-35(30)45(41)46-36-17-7-5-13-31(36)25-29-42(46)47;1-2-11-30(12-3-1)39-37-17-9-8-16-34(37)36-24-28(22-23-38(36)39)26-18-20-27(21-19-26)35-25-29-10-4-5-13-31(29)32-14-6-7-15-33(32)35;1-25-16(26-2)9-11(18)8-7(14(21)15(9)22)10(17)6(5(3-23)4-24)12(19)13(8)20/h1-29H;1-25H;. The van der Waals surface area contributed by atoms with Gasteiger partial charge in [-0.1, -0.05) is 267 Å². The molecule has 0 radical (unpaired) electrons. The van der Waals surface area contributed by atoms with Crippen LogP contribution in [-0.4, -0.2) is 9.13 Å². The van der Waals surface area contributed by atoms with E-state index in [-0.39, 0.29) is 0 Å². The van der Waals surface area contributed by atoms with E-state index in [4.69, 9.17) is 23.7 Å². The lowest BCUT2D eigenvalue weighted by molar-refractivity contribution is 0.471. The number of hydrogen-bond donors (Lipinski definition) is 0. The zero-order valence-corrected chi connectivity index (χ0v) is 59.1. The van der Waals surface area contributed by atoms with Gasteiger partial charge in [-0.05, 0) is 170 Å². The van der Waals surface area contributed by atoms with Crippen LogP contribution in [0.5, 0.6) is 0 Å². The Balaban J connectivity index is 0.000000123. The molecule has 0 N–H and O–H groups in total. The number of nitrogens with zero attached hydrogens (tertiary/aromatic N) is 6. The van der Waals surface area contributed by atoms with Crippen molar-refractivity contribution in [1.29, 1.82) is 10.5 Å². The molecule has 2 heterocycles. The van der Waals surface area contributed by atoms with Gasteiger partial charge in [0.2, 0.25) is 0 Å². The summed E-state index contributed by atoms with van der Waals surface area (Å²) < 4.78 is 90.3. The highest BCUT2D eigenvalue weighted by Gasteiger charge is 2.31. The van der Waals surface area contributed by atoms with Crippen molar-refractivity contribution in [3.05, 3.63) is 396 Å². The smallest absolute Gasteiger partial charge is 0.309 e. The maximum absolute atomic E-state index is 14.4. The number of rotatable bonds is 6. The number of nitriles is 2. The van der Waals surface area contributed by atoms with Crippen LogP contribution in [0.3, 0.4) is 0 Å². The van der Waals surface area contributed by atoms with Crippen LogP contribution in [0, 0.1) is 70.7 Å². The van der Waals surface area contributed by atoms with E-state index >= 15 is 0 Å². The minimum Gasteiger partial charge on any atom is -0.309 e. The molecule has 112 heavy (non-hydrogen) atoms. The number of hydrogen-bond acceptors (Lipinski definition) is 2. The van der Waals surface area contributed by atoms with Crippen molar-refractivity contribution in [3.63, 3.8) is 0 Å². The molecular weight excluding hydrogens is 1400 g/mol. The lowest BCUT2D eigenvalue weighted by atomic mass is 9.86. The maximum atomic E-state index is 14.4. The number of aromatic nitrogens is 2. The summed E-state index contributed by atoms with van der Waals surface area (Å²) in [4.78, 5) is 4.92. The molecule has 2 aromatic heterocycles. The summed E-state index contributed by atoms with van der Waals surface area (Å²) in [6.45, 7) is 13.3. The second-order valence-corrected chi connectivity index (χ2v) is 27.2. The monoisotopic (exact) mass is 1450 g/mol. The topological polar surface area (TPSA) is 66.2 Å². The summed E-state index contributed by atoms with van der Waals surface area (Å²) in [7, 11) is 0. The van der Waals surface area contributed by atoms with Gasteiger partial charge in [0, 0.05) is 32.9 Å². The van der Waals surface area contributed by atoms with Gasteiger partial charge in [0.05, 0.1) is 38.1 Å². The van der Waals surface area contributed by atoms with Crippen LogP contribution in [0.2, 0.25) is 0 Å². The maximum Gasteiger partial charge on any atom is 0.532 e. The first-order valence-corrected chi connectivity index (χ1v) is 36.0. The van der Waals surface area contributed by atoms with E-state index in [9.17, 15) is 26.3 Å². The molecule has 0 aliphatic heterocycles. The molecule has 0 bridgehead atoms. The van der Waals surface area contributed by atoms with Gasteiger partial charge in [-0.15, -0.1) is 0 Å². The first-order valence-electron chi connectivity index (χ1n) is 36.0. The molecule has 6 nitrogen and oxygen atoms in total. The highest BCUT2D eigenvalue weighted by atomic mass is 19.2. The fourth-order valence-electron chi connectivity index (χ4n) is 16.3. The average Bonchev–Trinajstić information content (AvgIpc) is 0.924. The minimum atomic E-state index is -2.22. The van der Waals surface area contributed by atoms with Gasteiger partial charge in [0.15, 0.2) is 23.3 Å². The lowest BCUT2D eigenvalue weighted by Crippen LogP contribution is -2.25. The average molecular weight is 1450 g/mol. The van der Waals surface area contributed by atoms with E-state index in [2.05, 4.69) is 346 Å². The molecule has 20 rings (SSSR count). The number of halogens is 6. The van der Waals surface area contributed by atoms with Gasteiger partial charge in [-0.25, -0.2) is 26.3 Å². The van der Waals surface area contributed by atoms with Crippen molar-refractivity contribution < 1.29 is 26.3 Å². The SMILES string of the molecule is [C-]#[N+]C([N+]#[C-])=c1c(F)c(F)c2c(F)c(=C(C#N)C#N)c(F)c(F)c2c1F.c1ccc(-c2c3ccccc3c(-c3ccc(-n4c5ccc6ccccc6c5c5c6ccccc6ccc54)cc3)c3ccccc23)cc1.c1ccc(-n2c3ccccc3c3cc(-c4ccc(-c5cc6ccccc6c6ccccc56)cc4)ccc32)cc1. The first-order chi connectivity index (χ1) is 55.0. The largest absolute Gasteiger partial charge is 0.532 e. The quantitative estimate of drug-likeness (QED) is 0.0547. The Morgan fingerprint density at radius 3 is 1.20 bits per heavy atom. The van der Waals surface area contributed by atoms with E-state index in [1.165, 1.54) is 158 Å². The van der Waals surface area contributed by atoms with Crippen molar-refractivity contribution in [2.24, 2.45) is 0 Å². The normalized spacial score (nSPS) is 11.3. The Hall–Kier alpha value is -15.3. The zero-order valence-electron chi connectivity index (χ0n) is 59.1. The Bertz CT molecular complexity index is 7390. The molecule has 0 atom stereocenters. The summed E-state index contributed by atoms with van der Waals surface area (Å²) >= 11 is 0. The molecule has 12 heteroatoms. The molecule has 0 amide bonds. The third-order valence-electron chi connectivity index (χ3n) is 21.2. The second-order valence-electron chi connectivity index (χ2n) is 27.2. The minimum absolute atomic E-state index is 1.05. The van der Waals surface area contributed by atoms with Crippen LogP contribution < -0.4 is 10.4 Å². The van der Waals surface area contributed by atoms with Crippen molar-refractivity contribution in [2.45, 2.75) is 0 Å². The molecule has 0 spiro atoms. The van der Waals surface area contributed by atoms with Crippen molar-refractivity contribution in [1.82, 2.24) is 9.13 Å². The Morgan fingerprint density at radius 1 is 0.268 bits per heavy atom. The van der Waals surface area contributed by atoms with Crippen LogP contribution >= 0.6 is 0 Å². The Morgan fingerprint density at radius 2 is 0.652 bits per heavy atom. The van der Waals surface area contributed by atoms with Crippen molar-refractivity contribution in [2.75, 3.05) is 0 Å². The van der Waals surface area contributed by atoms with Crippen LogP contribution in [-0.2, 0) is 0 Å². The second kappa shape index (κ2) is 28.1. The molecule has 0 fully saturated rings. The molecule has 18 aromatic carbocycles. The molecule has 0 unspecified atom stereocenters. The van der Waals surface area contributed by atoms with Gasteiger partial charge in [-0.3, -0.25) is 0 Å². The van der Waals surface area contributed by atoms with Crippen LogP contribution in [0.1, 0.15) is 0 Å². The van der Waals surface area contributed by atoms with Crippen LogP contribution in [0.15, 0.2) is 328 Å². The van der Waals surface area contributed by atoms with E-state index < -0.39 is 67.5 Å². The zero-order chi connectivity index (χ0) is 76.4. The molecule has 0 saturated carbocycles. The van der Waals surface area contributed by atoms with E-state index in [1.807, 2.05) is 0 Å². The van der Waals surface area contributed by atoms with Crippen LogP contribution in [0.4, 0.5) is 26.3 Å². The molecule has 0 aliphatic carbocycles. The van der Waals surface area contributed by atoms with E-state index in [1.54, 1.807) is 0 Å². The summed E-state index contributed by atoms with van der Waals surface area (Å²) in [5, 5.41) is 31.3. The number of para-hydroxylation sites is 2. The number of benzene rings is 18. The predicted molar refractivity (Wildman–Crippen MR) is 443 cm³/mol. The predicted octanol–water partition coefficient (Wildman–Crippen LogP) is 25.9. The van der Waals surface area contributed by atoms with Gasteiger partial charge in [0.1, 0.15) is 47.7 Å². The third kappa shape index (κ3) is 11.2. The van der Waals surface area contributed by atoms with Crippen molar-refractivity contribution >= 4 is 130 Å². The fraction of sp³-hybridized carbons (Fsp3) is 0. The highest BCUT2D eigenvalue weighted by molar-refractivity contribution is 6.29. The highest BCUT2D eigenvalue weighted by Crippen LogP contribution is 2.46. The van der Waals surface area contributed by atoms with Crippen molar-refractivity contribution in [3.8, 4) is 68.0 Å². The first kappa shape index (κ1) is 68.5. The summed E-state index contributed by atoms with van der Waals surface area (Å²) in [5.74, 6) is -14.3. The number of fused-ring (bicyclic) bond motifs is 16. The molecule has 20 aromatic rings. The summed E-state index contributed by atoms with van der Waals surface area (Å²) in [6.07, 6.45) is 0. The van der Waals surface area contributed by atoms with Gasteiger partial charge < -0.3 is 9.13 Å².